The molecule has 0 amide bonds. The zero-order valence-electron chi connectivity index (χ0n) is 7.77. The first-order valence-electron chi connectivity index (χ1n) is 4.09. The van der Waals surface area contributed by atoms with Crippen molar-refractivity contribution >= 4 is 23.5 Å². The van der Waals surface area contributed by atoms with Crippen LogP contribution in [-0.4, -0.2) is 37.9 Å². The Kier molecular flexibility index (Phi) is 12.2. The molecule has 0 aromatic heterocycles. The highest BCUT2D eigenvalue weighted by Crippen LogP contribution is 1.95. The molecule has 0 aliphatic heterocycles. The molecule has 0 aromatic rings. The molecule has 0 saturated heterocycles. The largest absolute Gasteiger partial charge is 0.378 e. The maximum Gasteiger partial charge on any atom is 0.133 e. The van der Waals surface area contributed by atoms with E-state index in [4.69, 9.17) is 20.0 Å². The molecule has 14 heavy (non-hydrogen) atoms. The van der Waals surface area contributed by atoms with Gasteiger partial charge in [-0.15, -0.1) is 0 Å². The molecule has 0 aromatic carbocycles. The molecule has 0 heterocycles. The summed E-state index contributed by atoms with van der Waals surface area (Å²) in [4.78, 5) is 0. The van der Waals surface area contributed by atoms with Crippen LogP contribution in [0.15, 0.2) is 0 Å². The van der Waals surface area contributed by atoms with Gasteiger partial charge < -0.3 is 9.47 Å². The fraction of sp³-hybridized carbons (Fsp3) is 0.750. The predicted molar refractivity (Wildman–Crippen MR) is 57.8 cm³/mol. The molecule has 0 bridgehead atoms. The Bertz CT molecular complexity index is 178. The summed E-state index contributed by atoms with van der Waals surface area (Å²) in [5, 5.41) is 20.3. The zero-order chi connectivity index (χ0) is 10.5. The normalized spacial score (nSPS) is 9.29. The minimum atomic E-state index is 0.545. The Morgan fingerprint density at radius 2 is 1.21 bits per heavy atom. The van der Waals surface area contributed by atoms with E-state index in [-0.39, 0.29) is 0 Å². The number of thioether (sulfide) groups is 2. The van der Waals surface area contributed by atoms with Crippen LogP contribution < -0.4 is 0 Å². The lowest BCUT2D eigenvalue weighted by Crippen LogP contribution is -2.07. The van der Waals surface area contributed by atoms with E-state index >= 15 is 0 Å². The number of nitriles is 2. The maximum absolute atomic E-state index is 8.19. The van der Waals surface area contributed by atoms with Crippen molar-refractivity contribution in [2.75, 3.05) is 37.9 Å². The monoisotopic (exact) mass is 232 g/mol. The van der Waals surface area contributed by atoms with Crippen LogP contribution >= 0.6 is 23.5 Å². The molecule has 4 nitrogen and oxygen atoms in total. The van der Waals surface area contributed by atoms with E-state index in [0.717, 1.165) is 0 Å². The minimum Gasteiger partial charge on any atom is -0.378 e. The molecule has 78 valence electrons. The Morgan fingerprint density at radius 1 is 0.786 bits per heavy atom. The number of hydrogen-bond donors (Lipinski definition) is 0. The topological polar surface area (TPSA) is 66.0 Å². The standard InChI is InChI=1S/C8H12N2O2S2/c9-7-13-5-3-11-1-2-12-4-6-14-8-10/h1-6H2. The maximum atomic E-state index is 8.19. The highest BCUT2D eigenvalue weighted by atomic mass is 32.2. The lowest BCUT2D eigenvalue weighted by Gasteiger charge is -2.03. The molecular formula is C8H12N2O2S2. The molecule has 0 radical (unpaired) electrons. The number of nitrogens with zero attached hydrogens (tertiary/aromatic N) is 2. The molecule has 0 spiro atoms. The molecule has 0 atom stereocenters. The van der Waals surface area contributed by atoms with Crippen LogP contribution in [-0.2, 0) is 9.47 Å². The van der Waals surface area contributed by atoms with E-state index < -0.39 is 0 Å². The lowest BCUT2D eigenvalue weighted by molar-refractivity contribution is 0.0605. The molecule has 0 N–H and O–H groups in total. The first-order valence-corrected chi connectivity index (χ1v) is 6.06. The highest BCUT2D eigenvalue weighted by molar-refractivity contribution is 8.03. The predicted octanol–water partition coefficient (Wildman–Crippen LogP) is 1.45. The van der Waals surface area contributed by atoms with E-state index in [2.05, 4.69) is 0 Å². The van der Waals surface area contributed by atoms with E-state index in [9.17, 15) is 0 Å². The van der Waals surface area contributed by atoms with Crippen LogP contribution in [0.2, 0.25) is 0 Å². The van der Waals surface area contributed by atoms with Gasteiger partial charge in [0, 0.05) is 11.5 Å². The molecule has 6 heteroatoms. The average molecular weight is 232 g/mol. The van der Waals surface area contributed by atoms with E-state index in [1.165, 1.54) is 23.5 Å². The number of hydrogen-bond acceptors (Lipinski definition) is 6. The van der Waals surface area contributed by atoms with Crippen LogP contribution in [0.25, 0.3) is 0 Å². The van der Waals surface area contributed by atoms with E-state index in [0.29, 0.717) is 37.9 Å². The van der Waals surface area contributed by atoms with Crippen molar-refractivity contribution < 1.29 is 9.47 Å². The summed E-state index contributed by atoms with van der Waals surface area (Å²) in [5.74, 6) is 1.39. The van der Waals surface area contributed by atoms with Gasteiger partial charge in [0.1, 0.15) is 10.8 Å². The third-order valence-electron chi connectivity index (χ3n) is 1.16. The SMILES string of the molecule is N#CSCCOCCOCCSC#N. The van der Waals surface area contributed by atoms with Gasteiger partial charge in [-0.3, -0.25) is 0 Å². The molecule has 0 fully saturated rings. The highest BCUT2D eigenvalue weighted by Gasteiger charge is 1.91. The van der Waals surface area contributed by atoms with Gasteiger partial charge in [-0.05, 0) is 23.5 Å². The second-order valence-electron chi connectivity index (χ2n) is 2.10. The van der Waals surface area contributed by atoms with Crippen molar-refractivity contribution in [2.24, 2.45) is 0 Å². The second kappa shape index (κ2) is 12.6. The molecule has 0 saturated carbocycles. The fourth-order valence-electron chi connectivity index (χ4n) is 0.614. The molecule has 0 aliphatic carbocycles. The number of thiocyanates is 2. The molecule has 0 rings (SSSR count). The third kappa shape index (κ3) is 11.6. The first kappa shape index (κ1) is 13.6. The van der Waals surface area contributed by atoms with Crippen molar-refractivity contribution in [1.82, 2.24) is 0 Å². The fourth-order valence-corrected chi connectivity index (χ4v) is 1.20. The van der Waals surface area contributed by atoms with Crippen LogP contribution in [0.1, 0.15) is 0 Å². The summed E-state index contributed by atoms with van der Waals surface area (Å²) in [6.07, 6.45) is 0. The van der Waals surface area contributed by atoms with Gasteiger partial charge in [0.25, 0.3) is 0 Å². The quantitative estimate of drug-likeness (QED) is 0.443. The Morgan fingerprint density at radius 3 is 1.57 bits per heavy atom. The number of ether oxygens (including phenoxy) is 2. The number of rotatable bonds is 9. The lowest BCUT2D eigenvalue weighted by atomic mass is 10.7. The van der Waals surface area contributed by atoms with Gasteiger partial charge in [-0.25, -0.2) is 0 Å². The Hall–Kier alpha value is -0.400. The van der Waals surface area contributed by atoms with E-state index in [1.54, 1.807) is 0 Å². The first-order chi connectivity index (χ1) is 6.91. The summed E-state index contributed by atoms with van der Waals surface area (Å²) in [6, 6.07) is 0. The van der Waals surface area contributed by atoms with Crippen molar-refractivity contribution in [3.63, 3.8) is 0 Å². The molecule has 0 unspecified atom stereocenters. The summed E-state index contributed by atoms with van der Waals surface area (Å²) >= 11 is 2.37. The van der Waals surface area contributed by atoms with Crippen molar-refractivity contribution in [1.29, 1.82) is 10.5 Å². The minimum absolute atomic E-state index is 0.545. The average Bonchev–Trinajstić information content (AvgIpc) is 2.21. The Labute approximate surface area is 92.6 Å². The van der Waals surface area contributed by atoms with Crippen molar-refractivity contribution in [3.8, 4) is 10.8 Å². The zero-order valence-corrected chi connectivity index (χ0v) is 9.40. The van der Waals surface area contributed by atoms with Gasteiger partial charge in [0.2, 0.25) is 0 Å². The van der Waals surface area contributed by atoms with Gasteiger partial charge >= 0.3 is 0 Å². The Balaban J connectivity index is 2.86. The summed E-state index contributed by atoms with van der Waals surface area (Å²) in [6.45, 7) is 2.25. The summed E-state index contributed by atoms with van der Waals surface area (Å²) in [7, 11) is 0. The van der Waals surface area contributed by atoms with Crippen molar-refractivity contribution in [3.05, 3.63) is 0 Å². The van der Waals surface area contributed by atoms with Crippen LogP contribution in [0.4, 0.5) is 0 Å². The van der Waals surface area contributed by atoms with Crippen LogP contribution in [0.5, 0.6) is 0 Å². The molecular weight excluding hydrogens is 220 g/mol. The smallest absolute Gasteiger partial charge is 0.133 e. The van der Waals surface area contributed by atoms with E-state index in [1.807, 2.05) is 10.8 Å². The van der Waals surface area contributed by atoms with Gasteiger partial charge in [0.15, 0.2) is 0 Å². The van der Waals surface area contributed by atoms with Crippen LogP contribution in [0, 0.1) is 21.3 Å². The summed E-state index contributed by atoms with van der Waals surface area (Å²) < 4.78 is 10.3. The third-order valence-corrected chi connectivity index (χ3v) is 2.16. The summed E-state index contributed by atoms with van der Waals surface area (Å²) in [5.41, 5.74) is 0. The second-order valence-corrected chi connectivity index (χ2v) is 3.86. The van der Waals surface area contributed by atoms with Gasteiger partial charge in [-0.1, -0.05) is 0 Å². The van der Waals surface area contributed by atoms with Crippen molar-refractivity contribution in [2.45, 2.75) is 0 Å². The molecule has 0 aliphatic rings. The van der Waals surface area contributed by atoms with Gasteiger partial charge in [0.05, 0.1) is 26.4 Å². The van der Waals surface area contributed by atoms with Gasteiger partial charge in [-0.2, -0.15) is 10.5 Å². The van der Waals surface area contributed by atoms with Crippen LogP contribution in [0.3, 0.4) is 0 Å².